The van der Waals surface area contributed by atoms with Crippen molar-refractivity contribution in [2.75, 3.05) is 4.72 Å². The van der Waals surface area contributed by atoms with Gasteiger partial charge in [0.1, 0.15) is 5.82 Å². The van der Waals surface area contributed by atoms with Crippen molar-refractivity contribution in [3.63, 3.8) is 0 Å². The van der Waals surface area contributed by atoms with Gasteiger partial charge < -0.3 is 0 Å². The van der Waals surface area contributed by atoms with Gasteiger partial charge in [0.25, 0.3) is 10.0 Å². The number of nitrogens with one attached hydrogen (secondary N) is 1. The minimum atomic E-state index is -3.92. The smallest absolute Gasteiger partial charge is 0.261 e. The Bertz CT molecular complexity index is 1140. The van der Waals surface area contributed by atoms with E-state index in [-0.39, 0.29) is 10.7 Å². The molecule has 4 nitrogen and oxygen atoms in total. The molecule has 0 saturated carbocycles. The monoisotopic (exact) mass is 414 g/mol. The highest BCUT2D eigenvalue weighted by Gasteiger charge is 2.29. The van der Waals surface area contributed by atoms with E-state index in [2.05, 4.69) is 9.71 Å². The van der Waals surface area contributed by atoms with Gasteiger partial charge in [0.2, 0.25) is 0 Å². The van der Waals surface area contributed by atoms with Crippen LogP contribution in [-0.2, 0) is 20.9 Å². The van der Waals surface area contributed by atoms with E-state index in [1.807, 2.05) is 65.8 Å². The van der Waals surface area contributed by atoms with Crippen LogP contribution in [0.2, 0.25) is 0 Å². The van der Waals surface area contributed by atoms with Crippen molar-refractivity contribution in [3.05, 3.63) is 65.6 Å². The Labute approximate surface area is 172 Å². The fourth-order valence-corrected chi connectivity index (χ4v) is 4.27. The zero-order valence-corrected chi connectivity index (χ0v) is 18.5. The summed E-state index contributed by atoms with van der Waals surface area (Å²) in [6.07, 6.45) is 1.48. The average molecular weight is 415 g/mol. The van der Waals surface area contributed by atoms with Crippen molar-refractivity contribution in [2.45, 2.75) is 57.3 Å². The number of hydrogen-bond acceptors (Lipinski definition) is 3. The lowest BCUT2D eigenvalue weighted by Crippen LogP contribution is -2.23. The summed E-state index contributed by atoms with van der Waals surface area (Å²) in [7, 11) is -3.92. The number of rotatable bonds is 3. The zero-order valence-electron chi connectivity index (χ0n) is 17.7. The van der Waals surface area contributed by atoms with E-state index in [1.165, 1.54) is 18.3 Å². The molecular weight excluding hydrogens is 387 g/mol. The van der Waals surface area contributed by atoms with E-state index >= 15 is 4.39 Å². The molecule has 0 aliphatic rings. The number of benzene rings is 2. The number of halogens is 1. The highest BCUT2D eigenvalue weighted by molar-refractivity contribution is 7.92. The minimum absolute atomic E-state index is 0.0434. The van der Waals surface area contributed by atoms with Gasteiger partial charge in [-0.3, -0.25) is 9.71 Å². The quantitative estimate of drug-likeness (QED) is 0.592. The third-order valence-corrected chi connectivity index (χ3v) is 6.18. The van der Waals surface area contributed by atoms with Crippen LogP contribution in [0.15, 0.2) is 53.6 Å². The van der Waals surface area contributed by atoms with Gasteiger partial charge in [-0.15, -0.1) is 0 Å². The average Bonchev–Trinajstić information content (AvgIpc) is 2.59. The van der Waals surface area contributed by atoms with Crippen molar-refractivity contribution in [1.82, 2.24) is 4.98 Å². The van der Waals surface area contributed by atoms with E-state index in [9.17, 15) is 8.42 Å². The van der Waals surface area contributed by atoms with Crippen LogP contribution in [0.25, 0.3) is 10.9 Å². The fourth-order valence-electron chi connectivity index (χ4n) is 3.19. The molecule has 2 aromatic carbocycles. The lowest BCUT2D eigenvalue weighted by Gasteiger charge is -2.27. The molecule has 0 bridgehead atoms. The molecule has 3 aromatic rings. The molecule has 0 aliphatic heterocycles. The summed E-state index contributed by atoms with van der Waals surface area (Å²) in [5.41, 5.74) is 0.814. The molecule has 154 valence electrons. The second kappa shape index (κ2) is 7.10. The second-order valence-electron chi connectivity index (χ2n) is 9.35. The molecule has 0 spiro atoms. The molecule has 6 heteroatoms. The van der Waals surface area contributed by atoms with Crippen LogP contribution in [0.1, 0.15) is 52.7 Å². The number of para-hydroxylation sites is 1. The largest absolute Gasteiger partial charge is 0.278 e. The first kappa shape index (κ1) is 21.2. The molecule has 0 fully saturated rings. The summed E-state index contributed by atoms with van der Waals surface area (Å²) < 4.78 is 44.1. The lowest BCUT2D eigenvalue weighted by atomic mass is 9.80. The van der Waals surface area contributed by atoms with Crippen LogP contribution >= 0.6 is 0 Å². The van der Waals surface area contributed by atoms with Crippen molar-refractivity contribution < 1.29 is 12.8 Å². The standard InChI is InChI=1S/C23H27FN2O2S/c1-22(2,3)18-12-17(13-19(21(18)24)23(4,5)6)29(27,28)26-16-11-15-9-7-8-10-20(15)25-14-16/h7-14,26H,1-6H3. The Morgan fingerprint density at radius 2 is 1.45 bits per heavy atom. The Morgan fingerprint density at radius 3 is 2.00 bits per heavy atom. The van der Waals surface area contributed by atoms with E-state index in [0.717, 1.165) is 10.9 Å². The van der Waals surface area contributed by atoms with Gasteiger partial charge in [0, 0.05) is 5.39 Å². The Hall–Kier alpha value is -2.47. The third kappa shape index (κ3) is 4.42. The molecule has 0 unspecified atom stereocenters. The predicted molar refractivity (Wildman–Crippen MR) is 116 cm³/mol. The minimum Gasteiger partial charge on any atom is -0.278 e. The molecule has 0 saturated heterocycles. The summed E-state index contributed by atoms with van der Waals surface area (Å²) in [4.78, 5) is 4.34. The third-order valence-electron chi connectivity index (χ3n) is 4.82. The van der Waals surface area contributed by atoms with Crippen LogP contribution in [0.3, 0.4) is 0 Å². The molecule has 0 atom stereocenters. The van der Waals surface area contributed by atoms with Gasteiger partial charge in [0.15, 0.2) is 0 Å². The number of anilines is 1. The fraction of sp³-hybridized carbons (Fsp3) is 0.348. The number of nitrogens with zero attached hydrogens (tertiary/aromatic N) is 1. The van der Waals surface area contributed by atoms with Crippen molar-refractivity contribution in [2.24, 2.45) is 0 Å². The van der Waals surface area contributed by atoms with E-state index in [0.29, 0.717) is 16.8 Å². The number of fused-ring (bicyclic) bond motifs is 1. The highest BCUT2D eigenvalue weighted by atomic mass is 32.2. The van der Waals surface area contributed by atoms with E-state index in [1.54, 1.807) is 6.07 Å². The SMILES string of the molecule is CC(C)(C)c1cc(S(=O)(=O)Nc2cnc3ccccc3c2)cc(C(C)(C)C)c1F. The first-order valence-corrected chi connectivity index (χ1v) is 11.0. The van der Waals surface area contributed by atoms with Gasteiger partial charge in [0.05, 0.1) is 22.3 Å². The van der Waals surface area contributed by atoms with Crippen molar-refractivity contribution >= 4 is 26.6 Å². The van der Waals surface area contributed by atoms with Crippen LogP contribution in [-0.4, -0.2) is 13.4 Å². The Balaban J connectivity index is 2.12. The summed E-state index contributed by atoms with van der Waals surface area (Å²) in [6.45, 7) is 11.2. The van der Waals surface area contributed by atoms with Gasteiger partial charge in [-0.05, 0) is 46.2 Å². The van der Waals surface area contributed by atoms with Crippen molar-refractivity contribution in [1.29, 1.82) is 0 Å². The van der Waals surface area contributed by atoms with Gasteiger partial charge in [-0.25, -0.2) is 12.8 Å². The maximum Gasteiger partial charge on any atom is 0.261 e. The molecule has 0 amide bonds. The molecule has 1 N–H and O–H groups in total. The molecular formula is C23H27FN2O2S. The molecule has 1 heterocycles. The van der Waals surface area contributed by atoms with Crippen LogP contribution in [0, 0.1) is 5.82 Å². The first-order chi connectivity index (χ1) is 13.3. The maximum absolute atomic E-state index is 15.2. The van der Waals surface area contributed by atoms with E-state index < -0.39 is 20.9 Å². The van der Waals surface area contributed by atoms with Gasteiger partial charge in [-0.2, -0.15) is 0 Å². The van der Waals surface area contributed by atoms with Crippen molar-refractivity contribution in [3.8, 4) is 0 Å². The summed E-state index contributed by atoms with van der Waals surface area (Å²) in [6, 6.07) is 12.1. The summed E-state index contributed by atoms with van der Waals surface area (Å²) in [5.74, 6) is -0.351. The normalized spacial score (nSPS) is 12.9. The predicted octanol–water partition coefficient (Wildman–Crippen LogP) is 5.77. The zero-order chi connectivity index (χ0) is 21.6. The lowest BCUT2D eigenvalue weighted by molar-refractivity contribution is 0.478. The highest BCUT2D eigenvalue weighted by Crippen LogP contribution is 2.35. The van der Waals surface area contributed by atoms with Crippen LogP contribution in [0.5, 0.6) is 0 Å². The van der Waals surface area contributed by atoms with Gasteiger partial charge in [-0.1, -0.05) is 59.7 Å². The summed E-state index contributed by atoms with van der Waals surface area (Å²) in [5, 5.41) is 0.831. The van der Waals surface area contributed by atoms with E-state index in [4.69, 9.17) is 0 Å². The molecule has 0 radical (unpaired) electrons. The topological polar surface area (TPSA) is 59.1 Å². The Kier molecular flexibility index (Phi) is 5.20. The van der Waals surface area contributed by atoms with Crippen LogP contribution in [0.4, 0.5) is 10.1 Å². The van der Waals surface area contributed by atoms with Crippen LogP contribution < -0.4 is 4.72 Å². The number of sulfonamides is 1. The molecule has 0 aliphatic carbocycles. The molecule has 1 aromatic heterocycles. The number of pyridine rings is 1. The maximum atomic E-state index is 15.2. The number of aromatic nitrogens is 1. The first-order valence-electron chi connectivity index (χ1n) is 9.51. The Morgan fingerprint density at radius 1 is 0.897 bits per heavy atom. The van der Waals surface area contributed by atoms with Gasteiger partial charge >= 0.3 is 0 Å². The molecule has 3 rings (SSSR count). The second-order valence-corrected chi connectivity index (χ2v) is 11.0. The number of hydrogen-bond donors (Lipinski definition) is 1. The summed E-state index contributed by atoms with van der Waals surface area (Å²) >= 11 is 0. The molecule has 29 heavy (non-hydrogen) atoms.